The van der Waals surface area contributed by atoms with Crippen LogP contribution in [-0.4, -0.2) is 28.1 Å². The molecule has 1 fully saturated rings. The van der Waals surface area contributed by atoms with Gasteiger partial charge in [-0.1, -0.05) is 42.4 Å². The van der Waals surface area contributed by atoms with Gasteiger partial charge in [0.15, 0.2) is 5.82 Å². The van der Waals surface area contributed by atoms with E-state index in [4.69, 9.17) is 4.52 Å². The topological polar surface area (TPSA) is 42.2 Å². The lowest BCUT2D eigenvalue weighted by atomic mass is 9.90. The SMILES string of the molecule is CCCc1noc(CN2CCC(CCc3ccccc3)CC2)n1. The molecule has 3 rings (SSSR count). The molecule has 1 aromatic heterocycles. The van der Waals surface area contributed by atoms with Gasteiger partial charge in [-0.2, -0.15) is 4.98 Å². The van der Waals surface area contributed by atoms with E-state index < -0.39 is 0 Å². The molecule has 0 radical (unpaired) electrons. The van der Waals surface area contributed by atoms with E-state index in [1.54, 1.807) is 0 Å². The molecular formula is C19H27N3O. The molecule has 0 bridgehead atoms. The number of nitrogens with zero attached hydrogens (tertiary/aromatic N) is 3. The van der Waals surface area contributed by atoms with Gasteiger partial charge in [-0.3, -0.25) is 4.90 Å². The zero-order valence-electron chi connectivity index (χ0n) is 14.1. The van der Waals surface area contributed by atoms with Crippen LogP contribution >= 0.6 is 0 Å². The first kappa shape index (κ1) is 16.2. The Morgan fingerprint density at radius 3 is 2.65 bits per heavy atom. The highest BCUT2D eigenvalue weighted by atomic mass is 16.5. The molecule has 0 aliphatic carbocycles. The van der Waals surface area contributed by atoms with Crippen LogP contribution < -0.4 is 0 Å². The third-order valence-electron chi connectivity index (χ3n) is 4.73. The van der Waals surface area contributed by atoms with E-state index in [1.807, 2.05) is 0 Å². The molecule has 0 unspecified atom stereocenters. The number of rotatable bonds is 7. The molecule has 1 saturated heterocycles. The Hall–Kier alpha value is -1.68. The summed E-state index contributed by atoms with van der Waals surface area (Å²) in [4.78, 5) is 6.92. The lowest BCUT2D eigenvalue weighted by molar-refractivity contribution is 0.155. The van der Waals surface area contributed by atoms with Crippen LogP contribution in [0.5, 0.6) is 0 Å². The lowest BCUT2D eigenvalue weighted by Gasteiger charge is -2.30. The van der Waals surface area contributed by atoms with Gasteiger partial charge in [-0.25, -0.2) is 0 Å². The largest absolute Gasteiger partial charge is 0.338 e. The van der Waals surface area contributed by atoms with Crippen molar-refractivity contribution in [1.82, 2.24) is 15.0 Å². The van der Waals surface area contributed by atoms with Crippen LogP contribution in [0.3, 0.4) is 0 Å². The molecule has 0 amide bonds. The standard InChI is InChI=1S/C19H27N3O/c1-2-6-18-20-19(23-21-18)15-22-13-11-17(12-14-22)10-9-16-7-4-3-5-8-16/h3-5,7-8,17H,2,6,9-15H2,1H3. The van der Waals surface area contributed by atoms with Gasteiger partial charge >= 0.3 is 0 Å². The second-order valence-corrected chi connectivity index (χ2v) is 6.60. The summed E-state index contributed by atoms with van der Waals surface area (Å²) in [5.74, 6) is 2.47. The number of aromatic nitrogens is 2. The second-order valence-electron chi connectivity index (χ2n) is 6.60. The molecule has 23 heavy (non-hydrogen) atoms. The Balaban J connectivity index is 1.39. The molecule has 1 aromatic carbocycles. The minimum atomic E-state index is 0.774. The molecule has 0 atom stereocenters. The average molecular weight is 313 g/mol. The molecular weight excluding hydrogens is 286 g/mol. The average Bonchev–Trinajstić information content (AvgIpc) is 3.03. The predicted molar refractivity (Wildman–Crippen MR) is 91.1 cm³/mol. The van der Waals surface area contributed by atoms with Gasteiger partial charge in [0.05, 0.1) is 6.54 Å². The highest BCUT2D eigenvalue weighted by Crippen LogP contribution is 2.23. The van der Waals surface area contributed by atoms with Gasteiger partial charge in [-0.05, 0) is 56.7 Å². The van der Waals surface area contributed by atoms with E-state index >= 15 is 0 Å². The molecule has 0 saturated carbocycles. The molecule has 4 nitrogen and oxygen atoms in total. The first-order valence-electron chi connectivity index (χ1n) is 8.91. The quantitative estimate of drug-likeness (QED) is 0.778. The highest BCUT2D eigenvalue weighted by molar-refractivity contribution is 5.14. The van der Waals surface area contributed by atoms with E-state index in [0.29, 0.717) is 0 Å². The summed E-state index contributed by atoms with van der Waals surface area (Å²) in [6.45, 7) is 5.23. The summed E-state index contributed by atoms with van der Waals surface area (Å²) in [6.07, 6.45) is 7.04. The van der Waals surface area contributed by atoms with Crippen LogP contribution in [0, 0.1) is 5.92 Å². The zero-order valence-corrected chi connectivity index (χ0v) is 14.1. The van der Waals surface area contributed by atoms with Crippen LogP contribution in [0.2, 0.25) is 0 Å². The summed E-state index contributed by atoms with van der Waals surface area (Å²) < 4.78 is 5.35. The molecule has 2 aromatic rings. The van der Waals surface area contributed by atoms with Crippen molar-refractivity contribution in [2.24, 2.45) is 5.92 Å². The minimum Gasteiger partial charge on any atom is -0.338 e. The van der Waals surface area contributed by atoms with Crippen molar-refractivity contribution < 1.29 is 4.52 Å². The molecule has 0 spiro atoms. The van der Waals surface area contributed by atoms with Gasteiger partial charge in [0.2, 0.25) is 5.89 Å². The van der Waals surface area contributed by atoms with Gasteiger partial charge < -0.3 is 4.52 Å². The Kier molecular flexibility index (Phi) is 5.81. The summed E-state index contributed by atoms with van der Waals surface area (Å²) in [5.41, 5.74) is 1.46. The maximum absolute atomic E-state index is 5.35. The fourth-order valence-corrected chi connectivity index (χ4v) is 3.32. The van der Waals surface area contributed by atoms with Crippen LogP contribution in [0.25, 0.3) is 0 Å². The van der Waals surface area contributed by atoms with Gasteiger partial charge in [-0.15, -0.1) is 0 Å². The molecule has 124 valence electrons. The third kappa shape index (κ3) is 4.90. The van der Waals surface area contributed by atoms with Crippen molar-refractivity contribution in [1.29, 1.82) is 0 Å². The van der Waals surface area contributed by atoms with Crippen molar-refractivity contribution >= 4 is 0 Å². The molecule has 4 heteroatoms. The number of hydrogen-bond acceptors (Lipinski definition) is 4. The van der Waals surface area contributed by atoms with Crippen molar-refractivity contribution in [3.8, 4) is 0 Å². The smallest absolute Gasteiger partial charge is 0.240 e. The Labute approximate surface area is 138 Å². The van der Waals surface area contributed by atoms with Crippen LogP contribution in [-0.2, 0) is 19.4 Å². The first-order valence-corrected chi connectivity index (χ1v) is 8.91. The predicted octanol–water partition coefficient (Wildman–Crippen LogP) is 3.87. The highest BCUT2D eigenvalue weighted by Gasteiger charge is 2.20. The van der Waals surface area contributed by atoms with E-state index in [1.165, 1.54) is 31.2 Å². The Morgan fingerprint density at radius 1 is 1.13 bits per heavy atom. The molecule has 0 N–H and O–H groups in total. The summed E-state index contributed by atoms with van der Waals surface area (Å²) >= 11 is 0. The number of hydrogen-bond donors (Lipinski definition) is 0. The lowest BCUT2D eigenvalue weighted by Crippen LogP contribution is -2.33. The van der Waals surface area contributed by atoms with Gasteiger partial charge in [0, 0.05) is 6.42 Å². The fourth-order valence-electron chi connectivity index (χ4n) is 3.32. The number of likely N-dealkylation sites (tertiary alicyclic amines) is 1. The van der Waals surface area contributed by atoms with Gasteiger partial charge in [0.25, 0.3) is 0 Å². The Bertz CT molecular complexity index is 573. The minimum absolute atomic E-state index is 0.774. The third-order valence-corrected chi connectivity index (χ3v) is 4.73. The van der Waals surface area contributed by atoms with Crippen molar-refractivity contribution in [2.45, 2.75) is 52.0 Å². The number of piperidine rings is 1. The maximum Gasteiger partial charge on any atom is 0.240 e. The first-order chi connectivity index (χ1) is 11.3. The maximum atomic E-state index is 5.35. The molecule has 1 aliphatic rings. The van der Waals surface area contributed by atoms with Crippen LogP contribution in [0.1, 0.15) is 49.9 Å². The van der Waals surface area contributed by atoms with Gasteiger partial charge in [0.1, 0.15) is 0 Å². The van der Waals surface area contributed by atoms with Crippen molar-refractivity contribution in [3.63, 3.8) is 0 Å². The van der Waals surface area contributed by atoms with E-state index in [9.17, 15) is 0 Å². The van der Waals surface area contributed by atoms with Crippen molar-refractivity contribution in [2.75, 3.05) is 13.1 Å². The van der Waals surface area contributed by atoms with E-state index in [2.05, 4.69) is 52.3 Å². The van der Waals surface area contributed by atoms with E-state index in [0.717, 1.165) is 50.1 Å². The summed E-state index contributed by atoms with van der Waals surface area (Å²) in [5, 5.41) is 4.04. The fraction of sp³-hybridized carbons (Fsp3) is 0.579. The Morgan fingerprint density at radius 2 is 1.91 bits per heavy atom. The molecule has 1 aliphatic heterocycles. The van der Waals surface area contributed by atoms with Crippen LogP contribution in [0.15, 0.2) is 34.9 Å². The number of benzene rings is 1. The monoisotopic (exact) mass is 313 g/mol. The second kappa shape index (κ2) is 8.25. The summed E-state index contributed by atoms with van der Waals surface area (Å²) in [7, 11) is 0. The van der Waals surface area contributed by atoms with Crippen molar-refractivity contribution in [3.05, 3.63) is 47.6 Å². The normalized spacial score (nSPS) is 16.7. The van der Waals surface area contributed by atoms with E-state index in [-0.39, 0.29) is 0 Å². The number of aryl methyl sites for hydroxylation is 2. The van der Waals surface area contributed by atoms with Crippen LogP contribution in [0.4, 0.5) is 0 Å². The zero-order chi connectivity index (χ0) is 15.9. The summed E-state index contributed by atoms with van der Waals surface area (Å²) in [6, 6.07) is 10.8. The molecule has 2 heterocycles.